The van der Waals surface area contributed by atoms with E-state index in [4.69, 9.17) is 0 Å². The van der Waals surface area contributed by atoms with E-state index in [1.165, 1.54) is 0 Å². The molecular weight excluding hydrogens is 338 g/mol. The Morgan fingerprint density at radius 2 is 1.70 bits per heavy atom. The smallest absolute Gasteiger partial charge is 0.160 e. The van der Waals surface area contributed by atoms with Gasteiger partial charge in [0.15, 0.2) is 5.65 Å². The van der Waals surface area contributed by atoms with Crippen molar-refractivity contribution in [3.8, 4) is 5.69 Å². The van der Waals surface area contributed by atoms with Gasteiger partial charge in [-0.05, 0) is 50.2 Å². The predicted molar refractivity (Wildman–Crippen MR) is 102 cm³/mol. The SMILES string of the molecule is c1ccc(-n2cc(CN3CCC(c4nnc5ccccn45)CC3)nn2)cc1. The molecule has 4 heterocycles. The molecule has 4 aromatic rings. The lowest BCUT2D eigenvalue weighted by atomic mass is 9.96. The summed E-state index contributed by atoms with van der Waals surface area (Å²) in [6.45, 7) is 2.90. The second-order valence-electron chi connectivity index (χ2n) is 7.03. The summed E-state index contributed by atoms with van der Waals surface area (Å²) in [6, 6.07) is 16.1. The van der Waals surface area contributed by atoms with Crippen LogP contribution in [0.25, 0.3) is 11.3 Å². The van der Waals surface area contributed by atoms with E-state index in [1.54, 1.807) is 0 Å². The van der Waals surface area contributed by atoms with Crippen molar-refractivity contribution in [2.75, 3.05) is 13.1 Å². The number of aromatic nitrogens is 6. The lowest BCUT2D eigenvalue weighted by Crippen LogP contribution is -2.33. The first kappa shape index (κ1) is 16.1. The molecule has 0 radical (unpaired) electrons. The summed E-state index contributed by atoms with van der Waals surface area (Å²) in [7, 11) is 0. The summed E-state index contributed by atoms with van der Waals surface area (Å²) in [5.41, 5.74) is 2.96. The van der Waals surface area contributed by atoms with Gasteiger partial charge in [0.2, 0.25) is 0 Å². The molecule has 1 fully saturated rings. The maximum atomic E-state index is 4.43. The molecule has 0 spiro atoms. The first-order valence-electron chi connectivity index (χ1n) is 9.35. The third-order valence-corrected chi connectivity index (χ3v) is 5.24. The van der Waals surface area contributed by atoms with Crippen LogP contribution in [0.3, 0.4) is 0 Å². The van der Waals surface area contributed by atoms with Crippen LogP contribution in [0.2, 0.25) is 0 Å². The van der Waals surface area contributed by atoms with Gasteiger partial charge >= 0.3 is 0 Å². The van der Waals surface area contributed by atoms with Gasteiger partial charge < -0.3 is 0 Å². The van der Waals surface area contributed by atoms with Crippen molar-refractivity contribution in [3.63, 3.8) is 0 Å². The number of pyridine rings is 1. The highest BCUT2D eigenvalue weighted by Gasteiger charge is 2.24. The van der Waals surface area contributed by atoms with E-state index in [9.17, 15) is 0 Å². The van der Waals surface area contributed by atoms with E-state index >= 15 is 0 Å². The molecule has 0 bridgehead atoms. The number of piperidine rings is 1. The molecule has 1 saturated heterocycles. The zero-order chi connectivity index (χ0) is 18.1. The first-order chi connectivity index (χ1) is 13.4. The lowest BCUT2D eigenvalue weighted by molar-refractivity contribution is 0.199. The van der Waals surface area contributed by atoms with Crippen LogP contribution in [0.4, 0.5) is 0 Å². The minimum atomic E-state index is 0.457. The molecule has 5 rings (SSSR count). The van der Waals surface area contributed by atoms with E-state index in [-0.39, 0.29) is 0 Å². The van der Waals surface area contributed by atoms with Gasteiger partial charge in [0.05, 0.1) is 17.6 Å². The van der Waals surface area contributed by atoms with Crippen LogP contribution in [0, 0.1) is 0 Å². The number of nitrogens with zero attached hydrogens (tertiary/aromatic N) is 7. The fraction of sp³-hybridized carbons (Fsp3) is 0.300. The zero-order valence-electron chi connectivity index (χ0n) is 15.0. The number of rotatable bonds is 4. The maximum Gasteiger partial charge on any atom is 0.160 e. The molecule has 0 aliphatic carbocycles. The Kier molecular flexibility index (Phi) is 4.14. The summed E-state index contributed by atoms with van der Waals surface area (Å²) < 4.78 is 3.95. The van der Waals surface area contributed by atoms with Crippen molar-refractivity contribution in [2.24, 2.45) is 0 Å². The first-order valence-corrected chi connectivity index (χ1v) is 9.35. The molecule has 1 aromatic carbocycles. The van der Waals surface area contributed by atoms with E-state index < -0.39 is 0 Å². The minimum absolute atomic E-state index is 0.457. The summed E-state index contributed by atoms with van der Waals surface area (Å²) in [5.74, 6) is 1.54. The van der Waals surface area contributed by atoms with Crippen LogP contribution in [0.1, 0.15) is 30.3 Å². The molecule has 3 aromatic heterocycles. The molecule has 0 saturated carbocycles. The second-order valence-corrected chi connectivity index (χ2v) is 7.03. The van der Waals surface area contributed by atoms with Crippen LogP contribution in [0.15, 0.2) is 60.9 Å². The molecule has 136 valence electrons. The highest BCUT2D eigenvalue weighted by atomic mass is 15.4. The molecule has 0 amide bonds. The van der Waals surface area contributed by atoms with Crippen LogP contribution in [-0.4, -0.2) is 47.6 Å². The van der Waals surface area contributed by atoms with E-state index in [0.29, 0.717) is 5.92 Å². The van der Waals surface area contributed by atoms with Gasteiger partial charge in [-0.25, -0.2) is 4.68 Å². The number of likely N-dealkylation sites (tertiary alicyclic amines) is 1. The predicted octanol–water partition coefficient (Wildman–Crippen LogP) is 2.69. The largest absolute Gasteiger partial charge is 0.297 e. The van der Waals surface area contributed by atoms with Gasteiger partial charge in [-0.2, -0.15) is 0 Å². The molecule has 1 aliphatic heterocycles. The van der Waals surface area contributed by atoms with Crippen molar-refractivity contribution in [1.29, 1.82) is 0 Å². The van der Waals surface area contributed by atoms with Gasteiger partial charge in [-0.3, -0.25) is 9.30 Å². The Labute approximate surface area is 157 Å². The van der Waals surface area contributed by atoms with Crippen LogP contribution >= 0.6 is 0 Å². The van der Waals surface area contributed by atoms with Gasteiger partial charge in [0.25, 0.3) is 0 Å². The molecule has 7 heteroatoms. The Hall–Kier alpha value is -3.06. The highest BCUT2D eigenvalue weighted by Crippen LogP contribution is 2.27. The standard InChI is InChI=1S/C20H21N7/c1-2-6-18(7-3-1)27-15-17(21-24-27)14-25-12-9-16(10-13-25)20-23-22-19-8-4-5-11-26(19)20/h1-8,11,15-16H,9-10,12-14H2. The normalized spacial score (nSPS) is 16.1. The Bertz CT molecular complexity index is 1030. The van der Waals surface area contributed by atoms with E-state index in [1.807, 2.05) is 59.4 Å². The van der Waals surface area contributed by atoms with Gasteiger partial charge in [-0.1, -0.05) is 29.5 Å². The molecular formula is C20H21N7. The topological polar surface area (TPSA) is 64.1 Å². The number of para-hydroxylation sites is 1. The monoisotopic (exact) mass is 359 g/mol. The quantitative estimate of drug-likeness (QED) is 0.561. The van der Waals surface area contributed by atoms with Gasteiger partial charge in [0.1, 0.15) is 5.82 Å². The summed E-state index contributed by atoms with van der Waals surface area (Å²) >= 11 is 0. The third-order valence-electron chi connectivity index (χ3n) is 5.24. The van der Waals surface area contributed by atoms with Crippen LogP contribution < -0.4 is 0 Å². The van der Waals surface area contributed by atoms with Crippen molar-refractivity contribution < 1.29 is 0 Å². The molecule has 1 aliphatic rings. The Balaban J connectivity index is 1.23. The molecule has 0 N–H and O–H groups in total. The zero-order valence-corrected chi connectivity index (χ0v) is 15.0. The number of hydrogen-bond donors (Lipinski definition) is 0. The van der Waals surface area contributed by atoms with Gasteiger partial charge in [-0.15, -0.1) is 15.3 Å². The summed E-state index contributed by atoms with van der Waals surface area (Å²) in [4.78, 5) is 2.44. The van der Waals surface area contributed by atoms with Crippen molar-refractivity contribution in [2.45, 2.75) is 25.3 Å². The van der Waals surface area contributed by atoms with Crippen LogP contribution in [-0.2, 0) is 6.54 Å². The summed E-state index contributed by atoms with van der Waals surface area (Å²) in [6.07, 6.45) is 6.25. The fourth-order valence-electron chi connectivity index (χ4n) is 3.79. The maximum absolute atomic E-state index is 4.43. The molecule has 27 heavy (non-hydrogen) atoms. The number of hydrogen-bond acceptors (Lipinski definition) is 5. The fourth-order valence-corrected chi connectivity index (χ4v) is 3.79. The third kappa shape index (κ3) is 3.21. The van der Waals surface area contributed by atoms with E-state index in [2.05, 4.69) is 36.0 Å². The number of fused-ring (bicyclic) bond motifs is 1. The number of benzene rings is 1. The summed E-state index contributed by atoms with van der Waals surface area (Å²) in [5, 5.41) is 17.3. The Morgan fingerprint density at radius 1 is 0.889 bits per heavy atom. The van der Waals surface area contributed by atoms with Crippen LogP contribution in [0.5, 0.6) is 0 Å². The molecule has 0 unspecified atom stereocenters. The van der Waals surface area contributed by atoms with Gasteiger partial charge in [0, 0.05) is 18.7 Å². The molecule has 7 nitrogen and oxygen atoms in total. The van der Waals surface area contributed by atoms with Crippen molar-refractivity contribution in [1.82, 2.24) is 34.5 Å². The average molecular weight is 359 g/mol. The van der Waals surface area contributed by atoms with Crippen molar-refractivity contribution in [3.05, 3.63) is 72.4 Å². The lowest BCUT2D eigenvalue weighted by Gasteiger charge is -2.30. The molecule has 0 atom stereocenters. The van der Waals surface area contributed by atoms with E-state index in [0.717, 1.165) is 55.3 Å². The Morgan fingerprint density at radius 3 is 2.56 bits per heavy atom. The highest BCUT2D eigenvalue weighted by molar-refractivity contribution is 5.37. The second kappa shape index (κ2) is 6.92. The van der Waals surface area contributed by atoms with Crippen molar-refractivity contribution >= 4 is 5.65 Å². The minimum Gasteiger partial charge on any atom is -0.297 e. The average Bonchev–Trinajstić information content (AvgIpc) is 3.37.